The van der Waals surface area contributed by atoms with Crippen LogP contribution in [0.4, 0.5) is 0 Å². The number of carbonyl (C=O) groups is 2. The predicted molar refractivity (Wildman–Crippen MR) is 123 cm³/mol. The third-order valence-corrected chi connectivity index (χ3v) is 4.72. The van der Waals surface area contributed by atoms with Crippen LogP contribution in [0.25, 0.3) is 6.08 Å². The zero-order valence-electron chi connectivity index (χ0n) is 18.1. The van der Waals surface area contributed by atoms with E-state index in [2.05, 4.69) is 4.99 Å². The van der Waals surface area contributed by atoms with Crippen LogP contribution in [0.15, 0.2) is 83.5 Å². The van der Waals surface area contributed by atoms with E-state index in [-0.39, 0.29) is 17.3 Å². The summed E-state index contributed by atoms with van der Waals surface area (Å²) in [5, 5.41) is 0. The minimum Gasteiger partial charge on any atom is -0.497 e. The molecule has 0 unspecified atom stereocenters. The highest BCUT2D eigenvalue weighted by molar-refractivity contribution is 6.12. The van der Waals surface area contributed by atoms with Crippen molar-refractivity contribution >= 4 is 23.9 Å². The van der Waals surface area contributed by atoms with Gasteiger partial charge in [-0.1, -0.05) is 30.3 Å². The van der Waals surface area contributed by atoms with E-state index in [0.717, 1.165) is 0 Å². The fourth-order valence-corrected chi connectivity index (χ4v) is 3.15. The van der Waals surface area contributed by atoms with Crippen molar-refractivity contribution in [2.24, 2.45) is 4.99 Å². The molecule has 0 fully saturated rings. The summed E-state index contributed by atoms with van der Waals surface area (Å²) >= 11 is 0. The number of cyclic esters (lactones) is 1. The molecular formula is C26H21NO6. The molecule has 0 saturated carbocycles. The Kier molecular flexibility index (Phi) is 6.50. The fourth-order valence-electron chi connectivity index (χ4n) is 3.15. The monoisotopic (exact) mass is 443 g/mol. The van der Waals surface area contributed by atoms with E-state index in [1.54, 1.807) is 48.5 Å². The van der Waals surface area contributed by atoms with E-state index in [9.17, 15) is 9.59 Å². The molecule has 0 saturated heterocycles. The average molecular weight is 443 g/mol. The van der Waals surface area contributed by atoms with Gasteiger partial charge in [-0.15, -0.1) is 0 Å². The number of rotatable bonds is 7. The molecule has 1 heterocycles. The standard InChI is InChI=1S/C26H21NO6/c1-3-31-23-15-17(14-21-26(29)33-24(27-21)18-8-5-4-6-9-18)12-13-22(23)32-25(28)19-10-7-11-20(16-19)30-2/h4-16H,3H2,1-2H3/b21-14+. The maximum absolute atomic E-state index is 12.6. The fraction of sp³-hybridized carbons (Fsp3) is 0.115. The molecule has 0 aliphatic carbocycles. The van der Waals surface area contributed by atoms with Gasteiger partial charge in [0.1, 0.15) is 5.75 Å². The topological polar surface area (TPSA) is 83.4 Å². The van der Waals surface area contributed by atoms with Gasteiger partial charge >= 0.3 is 11.9 Å². The quantitative estimate of drug-likeness (QED) is 0.300. The van der Waals surface area contributed by atoms with Crippen LogP contribution in [-0.4, -0.2) is 31.6 Å². The van der Waals surface area contributed by atoms with Crippen molar-refractivity contribution < 1.29 is 28.5 Å². The molecule has 0 radical (unpaired) electrons. The van der Waals surface area contributed by atoms with Gasteiger partial charge in [-0.05, 0) is 61.0 Å². The van der Waals surface area contributed by atoms with Crippen molar-refractivity contribution in [3.8, 4) is 17.2 Å². The van der Waals surface area contributed by atoms with Crippen LogP contribution in [0.2, 0.25) is 0 Å². The summed E-state index contributed by atoms with van der Waals surface area (Å²) in [6.07, 6.45) is 1.59. The van der Waals surface area contributed by atoms with Crippen molar-refractivity contribution in [1.82, 2.24) is 0 Å². The summed E-state index contributed by atoms with van der Waals surface area (Å²) in [5.74, 6) is 0.338. The lowest BCUT2D eigenvalue weighted by atomic mass is 10.1. The van der Waals surface area contributed by atoms with Gasteiger partial charge in [0.2, 0.25) is 5.90 Å². The molecule has 33 heavy (non-hydrogen) atoms. The summed E-state index contributed by atoms with van der Waals surface area (Å²) in [7, 11) is 1.53. The predicted octanol–water partition coefficient (Wildman–Crippen LogP) is 4.66. The molecule has 0 bridgehead atoms. The molecule has 1 aliphatic heterocycles. The number of hydrogen-bond acceptors (Lipinski definition) is 7. The highest BCUT2D eigenvalue weighted by atomic mass is 16.6. The van der Waals surface area contributed by atoms with Gasteiger partial charge in [0.15, 0.2) is 17.2 Å². The number of aliphatic imine (C=N–C) groups is 1. The second-order valence-electron chi connectivity index (χ2n) is 6.96. The Labute approximate surface area is 190 Å². The minimum absolute atomic E-state index is 0.164. The van der Waals surface area contributed by atoms with Gasteiger partial charge < -0.3 is 18.9 Å². The van der Waals surface area contributed by atoms with Crippen molar-refractivity contribution in [2.45, 2.75) is 6.92 Å². The van der Waals surface area contributed by atoms with Crippen molar-refractivity contribution in [3.63, 3.8) is 0 Å². The van der Waals surface area contributed by atoms with Crippen molar-refractivity contribution in [3.05, 3.63) is 95.2 Å². The van der Waals surface area contributed by atoms with Crippen LogP contribution in [0, 0.1) is 0 Å². The average Bonchev–Trinajstić information content (AvgIpc) is 3.21. The highest BCUT2D eigenvalue weighted by Crippen LogP contribution is 2.31. The lowest BCUT2D eigenvalue weighted by molar-refractivity contribution is -0.129. The van der Waals surface area contributed by atoms with Gasteiger partial charge in [-0.25, -0.2) is 14.6 Å². The van der Waals surface area contributed by atoms with Crippen LogP contribution in [-0.2, 0) is 9.53 Å². The third kappa shape index (κ3) is 5.10. The normalized spacial score (nSPS) is 13.9. The third-order valence-electron chi connectivity index (χ3n) is 4.72. The van der Waals surface area contributed by atoms with E-state index < -0.39 is 11.9 Å². The van der Waals surface area contributed by atoms with Gasteiger partial charge in [0.05, 0.1) is 19.3 Å². The molecule has 3 aromatic rings. The van der Waals surface area contributed by atoms with Crippen LogP contribution in [0.3, 0.4) is 0 Å². The molecule has 1 aliphatic rings. The molecule has 166 valence electrons. The Balaban J connectivity index is 1.58. The Hall–Kier alpha value is -4.39. The van der Waals surface area contributed by atoms with Gasteiger partial charge in [0.25, 0.3) is 0 Å². The van der Waals surface area contributed by atoms with Crippen LogP contribution < -0.4 is 14.2 Å². The first kappa shape index (κ1) is 21.8. The van der Waals surface area contributed by atoms with Crippen LogP contribution >= 0.6 is 0 Å². The highest BCUT2D eigenvalue weighted by Gasteiger charge is 2.24. The molecule has 3 aromatic carbocycles. The smallest absolute Gasteiger partial charge is 0.363 e. The Morgan fingerprint density at radius 3 is 2.58 bits per heavy atom. The summed E-state index contributed by atoms with van der Waals surface area (Å²) in [5.41, 5.74) is 1.87. The molecule has 0 atom stereocenters. The zero-order valence-corrected chi connectivity index (χ0v) is 18.1. The van der Waals surface area contributed by atoms with Gasteiger partial charge in [-0.2, -0.15) is 0 Å². The van der Waals surface area contributed by atoms with Gasteiger partial charge in [0, 0.05) is 5.56 Å². The van der Waals surface area contributed by atoms with Crippen molar-refractivity contribution in [1.29, 1.82) is 0 Å². The summed E-state index contributed by atoms with van der Waals surface area (Å²) in [6, 6.07) is 20.8. The van der Waals surface area contributed by atoms with Crippen LogP contribution in [0.1, 0.15) is 28.4 Å². The summed E-state index contributed by atoms with van der Waals surface area (Å²) in [6.45, 7) is 2.19. The van der Waals surface area contributed by atoms with Gasteiger partial charge in [-0.3, -0.25) is 0 Å². The first-order chi connectivity index (χ1) is 16.1. The lowest BCUT2D eigenvalue weighted by Crippen LogP contribution is -2.10. The second-order valence-corrected chi connectivity index (χ2v) is 6.96. The van der Waals surface area contributed by atoms with Crippen LogP contribution in [0.5, 0.6) is 17.2 Å². The number of hydrogen-bond donors (Lipinski definition) is 0. The molecule has 0 amide bonds. The SMILES string of the molecule is CCOc1cc(/C=C2/N=C(c3ccccc3)OC2=O)ccc1OC(=O)c1cccc(OC)c1. The molecule has 0 spiro atoms. The second kappa shape index (κ2) is 9.82. The molecule has 0 aromatic heterocycles. The van der Waals surface area contributed by atoms with Crippen molar-refractivity contribution in [2.75, 3.05) is 13.7 Å². The Morgan fingerprint density at radius 1 is 1.00 bits per heavy atom. The van der Waals surface area contributed by atoms with E-state index >= 15 is 0 Å². The molecule has 7 nitrogen and oxygen atoms in total. The number of ether oxygens (including phenoxy) is 4. The van der Waals surface area contributed by atoms with E-state index in [1.165, 1.54) is 7.11 Å². The number of carbonyl (C=O) groups excluding carboxylic acids is 2. The van der Waals surface area contributed by atoms with E-state index in [0.29, 0.717) is 34.8 Å². The largest absolute Gasteiger partial charge is 0.497 e. The number of esters is 2. The maximum atomic E-state index is 12.6. The van der Waals surface area contributed by atoms with E-state index in [4.69, 9.17) is 18.9 Å². The number of methoxy groups -OCH3 is 1. The van der Waals surface area contributed by atoms with E-state index in [1.807, 2.05) is 37.3 Å². The number of benzene rings is 3. The summed E-state index contributed by atoms with van der Waals surface area (Å²) < 4.78 is 21.6. The molecule has 0 N–H and O–H groups in total. The molecule has 7 heteroatoms. The molecular weight excluding hydrogens is 422 g/mol. The Morgan fingerprint density at radius 2 is 1.82 bits per heavy atom. The lowest BCUT2D eigenvalue weighted by Gasteiger charge is -2.12. The number of nitrogens with zero attached hydrogens (tertiary/aromatic N) is 1. The molecule has 4 rings (SSSR count). The first-order valence-corrected chi connectivity index (χ1v) is 10.3. The minimum atomic E-state index is -0.544. The maximum Gasteiger partial charge on any atom is 0.363 e. The Bertz CT molecular complexity index is 1250. The first-order valence-electron chi connectivity index (χ1n) is 10.3. The summed E-state index contributed by atoms with van der Waals surface area (Å²) in [4.78, 5) is 29.2. The zero-order chi connectivity index (χ0) is 23.2.